The van der Waals surface area contributed by atoms with Crippen LogP contribution in [0.3, 0.4) is 0 Å². The molecular formula is C14H21N5OS. The standard InChI is InChI=1S/C14H21N5OS/c15-12(21)14(5-3-1-2-4-6-14)13(20)18-7-8-19-10-16-17-11(19)9-18/h10H,1-9H2,(H2,15,21). The van der Waals surface area contributed by atoms with Crippen LogP contribution in [0.25, 0.3) is 0 Å². The maximum Gasteiger partial charge on any atom is 0.236 e. The lowest BCUT2D eigenvalue weighted by Gasteiger charge is -2.37. The lowest BCUT2D eigenvalue weighted by Crippen LogP contribution is -2.52. The van der Waals surface area contributed by atoms with Gasteiger partial charge in [0.25, 0.3) is 0 Å². The van der Waals surface area contributed by atoms with Gasteiger partial charge in [0.2, 0.25) is 5.91 Å². The first-order chi connectivity index (χ1) is 10.1. The summed E-state index contributed by atoms with van der Waals surface area (Å²) in [7, 11) is 0. The van der Waals surface area contributed by atoms with E-state index in [2.05, 4.69) is 10.2 Å². The van der Waals surface area contributed by atoms with Crippen LogP contribution in [0.1, 0.15) is 44.3 Å². The summed E-state index contributed by atoms with van der Waals surface area (Å²) in [5.74, 6) is 0.924. The molecule has 1 aromatic rings. The first kappa shape index (κ1) is 14.4. The van der Waals surface area contributed by atoms with Gasteiger partial charge in [0, 0.05) is 13.1 Å². The molecule has 1 aliphatic carbocycles. The number of thiocarbonyl (C=S) groups is 1. The van der Waals surface area contributed by atoms with Gasteiger partial charge in [0.15, 0.2) is 5.82 Å². The fraction of sp³-hybridized carbons (Fsp3) is 0.714. The Hall–Kier alpha value is -1.50. The Labute approximate surface area is 129 Å². The lowest BCUT2D eigenvalue weighted by molar-refractivity contribution is -0.140. The van der Waals surface area contributed by atoms with Crippen molar-refractivity contribution in [2.24, 2.45) is 11.1 Å². The van der Waals surface area contributed by atoms with E-state index in [1.54, 1.807) is 6.33 Å². The van der Waals surface area contributed by atoms with Crippen molar-refractivity contribution in [2.75, 3.05) is 6.54 Å². The van der Waals surface area contributed by atoms with Crippen LogP contribution in [0, 0.1) is 5.41 Å². The highest BCUT2D eigenvalue weighted by molar-refractivity contribution is 7.80. The summed E-state index contributed by atoms with van der Waals surface area (Å²) < 4.78 is 1.99. The van der Waals surface area contributed by atoms with Crippen molar-refractivity contribution in [2.45, 2.75) is 51.6 Å². The number of carbonyl (C=O) groups excluding carboxylic acids is 1. The second-order valence-electron chi connectivity index (χ2n) is 6.03. The van der Waals surface area contributed by atoms with E-state index >= 15 is 0 Å². The molecule has 6 nitrogen and oxygen atoms in total. The van der Waals surface area contributed by atoms with Crippen LogP contribution in [-0.4, -0.2) is 37.1 Å². The molecule has 0 spiro atoms. The second kappa shape index (κ2) is 5.71. The third kappa shape index (κ3) is 2.54. The van der Waals surface area contributed by atoms with Crippen molar-refractivity contribution >= 4 is 23.1 Å². The molecule has 3 rings (SSSR count). The molecule has 1 amide bonds. The number of carbonyl (C=O) groups is 1. The third-order valence-corrected chi connectivity index (χ3v) is 5.15. The molecule has 0 aromatic carbocycles. The van der Waals surface area contributed by atoms with Gasteiger partial charge in [0.05, 0.1) is 16.9 Å². The minimum Gasteiger partial charge on any atom is -0.392 e. The smallest absolute Gasteiger partial charge is 0.236 e. The van der Waals surface area contributed by atoms with Gasteiger partial charge in [0.1, 0.15) is 6.33 Å². The molecule has 0 radical (unpaired) electrons. The Balaban J connectivity index is 1.83. The number of hydrogen-bond donors (Lipinski definition) is 1. The molecule has 1 aromatic heterocycles. The molecular weight excluding hydrogens is 286 g/mol. The maximum atomic E-state index is 13.1. The van der Waals surface area contributed by atoms with Gasteiger partial charge < -0.3 is 15.2 Å². The van der Waals surface area contributed by atoms with Crippen molar-refractivity contribution < 1.29 is 4.79 Å². The quantitative estimate of drug-likeness (QED) is 0.657. The number of aromatic nitrogens is 3. The highest BCUT2D eigenvalue weighted by atomic mass is 32.1. The first-order valence-electron chi connectivity index (χ1n) is 7.59. The Morgan fingerprint density at radius 1 is 1.24 bits per heavy atom. The summed E-state index contributed by atoms with van der Waals surface area (Å²) in [6.45, 7) is 1.92. The van der Waals surface area contributed by atoms with Gasteiger partial charge in [-0.1, -0.05) is 37.9 Å². The zero-order chi connectivity index (χ0) is 14.9. The molecule has 1 aliphatic heterocycles. The van der Waals surface area contributed by atoms with Gasteiger partial charge in [-0.25, -0.2) is 0 Å². The highest BCUT2D eigenvalue weighted by Gasteiger charge is 2.44. The molecule has 114 valence electrons. The van der Waals surface area contributed by atoms with Crippen LogP contribution < -0.4 is 5.73 Å². The van der Waals surface area contributed by atoms with E-state index < -0.39 is 5.41 Å². The van der Waals surface area contributed by atoms with Crippen LogP contribution in [0.4, 0.5) is 0 Å². The Morgan fingerprint density at radius 3 is 2.62 bits per heavy atom. The summed E-state index contributed by atoms with van der Waals surface area (Å²) in [6, 6.07) is 0. The van der Waals surface area contributed by atoms with Crippen molar-refractivity contribution in [3.63, 3.8) is 0 Å². The van der Waals surface area contributed by atoms with Crippen molar-refractivity contribution in [1.82, 2.24) is 19.7 Å². The molecule has 21 heavy (non-hydrogen) atoms. The SMILES string of the molecule is NC(=S)C1(C(=O)N2CCn3cnnc3C2)CCCCCC1. The Bertz CT molecular complexity index is 547. The van der Waals surface area contributed by atoms with E-state index in [1.807, 2.05) is 9.47 Å². The molecule has 1 fully saturated rings. The zero-order valence-corrected chi connectivity index (χ0v) is 12.9. The van der Waals surface area contributed by atoms with Crippen LogP contribution >= 0.6 is 12.2 Å². The maximum absolute atomic E-state index is 13.1. The van der Waals surface area contributed by atoms with Gasteiger partial charge in [-0.15, -0.1) is 10.2 Å². The third-order valence-electron chi connectivity index (χ3n) is 4.76. The number of amides is 1. The van der Waals surface area contributed by atoms with Crippen molar-refractivity contribution in [3.8, 4) is 0 Å². The molecule has 7 heteroatoms. The van der Waals surface area contributed by atoms with Crippen LogP contribution in [-0.2, 0) is 17.9 Å². The minimum absolute atomic E-state index is 0.0890. The molecule has 2 heterocycles. The normalized spacial score (nSPS) is 21.4. The first-order valence-corrected chi connectivity index (χ1v) is 8.00. The number of nitrogens with zero attached hydrogens (tertiary/aromatic N) is 4. The number of fused-ring (bicyclic) bond motifs is 1. The van der Waals surface area contributed by atoms with Gasteiger partial charge in [-0.2, -0.15) is 0 Å². The number of nitrogens with two attached hydrogens (primary N) is 1. The van der Waals surface area contributed by atoms with Crippen molar-refractivity contribution in [1.29, 1.82) is 0 Å². The van der Waals surface area contributed by atoms with Crippen molar-refractivity contribution in [3.05, 3.63) is 12.2 Å². The molecule has 0 saturated heterocycles. The Kier molecular flexibility index (Phi) is 3.93. The zero-order valence-electron chi connectivity index (χ0n) is 12.1. The fourth-order valence-electron chi connectivity index (χ4n) is 3.44. The lowest BCUT2D eigenvalue weighted by atomic mass is 9.78. The summed E-state index contributed by atoms with van der Waals surface area (Å²) in [5, 5.41) is 7.98. The average molecular weight is 307 g/mol. The van der Waals surface area contributed by atoms with E-state index in [1.165, 1.54) is 0 Å². The summed E-state index contributed by atoms with van der Waals surface area (Å²) >= 11 is 5.29. The van der Waals surface area contributed by atoms with Gasteiger partial charge in [-0.3, -0.25) is 4.79 Å². The van der Waals surface area contributed by atoms with E-state index in [0.29, 0.717) is 18.1 Å². The van der Waals surface area contributed by atoms with E-state index in [-0.39, 0.29) is 5.91 Å². The number of hydrogen-bond acceptors (Lipinski definition) is 4. The van der Waals surface area contributed by atoms with Crippen LogP contribution in [0.15, 0.2) is 6.33 Å². The summed E-state index contributed by atoms with van der Waals surface area (Å²) in [5.41, 5.74) is 5.36. The van der Waals surface area contributed by atoms with Gasteiger partial charge in [-0.05, 0) is 12.8 Å². The largest absolute Gasteiger partial charge is 0.392 e. The molecule has 0 atom stereocenters. The predicted molar refractivity (Wildman–Crippen MR) is 82.4 cm³/mol. The molecule has 2 aliphatic rings. The van der Waals surface area contributed by atoms with Crippen LogP contribution in [0.5, 0.6) is 0 Å². The topological polar surface area (TPSA) is 77.0 Å². The molecule has 0 bridgehead atoms. The highest BCUT2D eigenvalue weighted by Crippen LogP contribution is 2.38. The second-order valence-corrected chi connectivity index (χ2v) is 6.47. The molecule has 0 unspecified atom stereocenters. The molecule has 2 N–H and O–H groups in total. The summed E-state index contributed by atoms with van der Waals surface area (Å²) in [6.07, 6.45) is 7.64. The fourth-order valence-corrected chi connectivity index (χ4v) is 3.73. The van der Waals surface area contributed by atoms with E-state index in [0.717, 1.165) is 50.9 Å². The predicted octanol–water partition coefficient (Wildman–Crippen LogP) is 1.25. The minimum atomic E-state index is -0.645. The molecule has 1 saturated carbocycles. The number of rotatable bonds is 2. The summed E-state index contributed by atoms with van der Waals surface area (Å²) in [4.78, 5) is 15.3. The van der Waals surface area contributed by atoms with Gasteiger partial charge >= 0.3 is 0 Å². The Morgan fingerprint density at radius 2 is 1.95 bits per heavy atom. The monoisotopic (exact) mass is 307 g/mol. The van der Waals surface area contributed by atoms with Crippen LogP contribution in [0.2, 0.25) is 0 Å². The van der Waals surface area contributed by atoms with E-state index in [9.17, 15) is 4.79 Å². The average Bonchev–Trinajstić information content (AvgIpc) is 2.80. The van der Waals surface area contributed by atoms with E-state index in [4.69, 9.17) is 18.0 Å².